The summed E-state index contributed by atoms with van der Waals surface area (Å²) >= 11 is 0. The van der Waals surface area contributed by atoms with Gasteiger partial charge in [-0.1, -0.05) is 27.7 Å². The van der Waals surface area contributed by atoms with Crippen LogP contribution < -0.4 is 18.9 Å². The molecule has 2 aromatic carbocycles. The third kappa shape index (κ3) is 7.90. The summed E-state index contributed by atoms with van der Waals surface area (Å²) in [5.41, 5.74) is 0. The topological polar surface area (TPSA) is 95.8 Å². The Kier molecular flexibility index (Phi) is 11.8. The molecule has 0 aliphatic carbocycles. The second kappa shape index (κ2) is 15.3. The van der Waals surface area contributed by atoms with E-state index in [-0.39, 0.29) is 61.7 Å². The van der Waals surface area contributed by atoms with Gasteiger partial charge in [0.15, 0.2) is 0 Å². The van der Waals surface area contributed by atoms with E-state index in [1.165, 1.54) is 0 Å². The molecule has 4 rings (SSSR count). The maximum absolute atomic E-state index is 10.1. The van der Waals surface area contributed by atoms with Gasteiger partial charge in [-0.05, 0) is 86.1 Å². The minimum atomic E-state index is -0.311. The number of hydrogen-bond donors (Lipinski definition) is 2. The summed E-state index contributed by atoms with van der Waals surface area (Å²) in [4.78, 5) is 0. The molecule has 2 aliphatic rings. The van der Waals surface area contributed by atoms with E-state index >= 15 is 0 Å². The SMILES string of the molecule is COc1ccc(O[C@H]([C@H](C)CO)[C@H]2CC[C@H](C)[C@@H]([C@H]3O[C@@H]([C@H](Oc4ccc(OC)cc4)[C@H](C)CO)CC[C@@H]3C)O2)cc1. The Labute approximate surface area is 251 Å². The highest BCUT2D eigenvalue weighted by molar-refractivity contribution is 5.32. The van der Waals surface area contributed by atoms with Crippen LogP contribution in [0.1, 0.15) is 53.4 Å². The van der Waals surface area contributed by atoms with Crippen molar-refractivity contribution >= 4 is 0 Å². The van der Waals surface area contributed by atoms with Crippen LogP contribution in [0.5, 0.6) is 23.0 Å². The number of hydrogen-bond acceptors (Lipinski definition) is 8. The lowest BCUT2D eigenvalue weighted by molar-refractivity contribution is -0.223. The van der Waals surface area contributed by atoms with E-state index in [9.17, 15) is 10.2 Å². The minimum Gasteiger partial charge on any atom is -0.497 e. The van der Waals surface area contributed by atoms with Gasteiger partial charge in [0.05, 0.1) is 38.6 Å². The maximum Gasteiger partial charge on any atom is 0.129 e. The molecule has 2 heterocycles. The van der Waals surface area contributed by atoms with Crippen LogP contribution in [0.3, 0.4) is 0 Å². The van der Waals surface area contributed by atoms with Crippen molar-refractivity contribution in [3.05, 3.63) is 48.5 Å². The Balaban J connectivity index is 1.50. The van der Waals surface area contributed by atoms with Crippen LogP contribution >= 0.6 is 0 Å². The molecule has 0 bridgehead atoms. The molecule has 2 N–H and O–H groups in total. The summed E-state index contributed by atoms with van der Waals surface area (Å²) in [6, 6.07) is 15.1. The molecule has 2 aromatic rings. The van der Waals surface area contributed by atoms with E-state index in [0.29, 0.717) is 11.8 Å². The lowest BCUT2D eigenvalue weighted by atomic mass is 9.80. The molecular weight excluding hydrogens is 536 g/mol. The van der Waals surface area contributed by atoms with Crippen LogP contribution in [0.25, 0.3) is 0 Å². The summed E-state index contributed by atoms with van der Waals surface area (Å²) in [7, 11) is 3.28. The molecule has 10 atom stereocenters. The average molecular weight is 587 g/mol. The maximum atomic E-state index is 10.1. The zero-order chi connectivity index (χ0) is 30.2. The van der Waals surface area contributed by atoms with Crippen molar-refractivity contribution in [1.82, 2.24) is 0 Å². The summed E-state index contributed by atoms with van der Waals surface area (Å²) in [5.74, 6) is 3.34. The molecule has 0 aromatic heterocycles. The summed E-state index contributed by atoms with van der Waals surface area (Å²) in [6.45, 7) is 8.47. The van der Waals surface area contributed by atoms with Crippen molar-refractivity contribution < 1.29 is 38.6 Å². The van der Waals surface area contributed by atoms with Gasteiger partial charge in [0.2, 0.25) is 0 Å². The van der Waals surface area contributed by atoms with Gasteiger partial charge in [-0.3, -0.25) is 0 Å². The zero-order valence-electron chi connectivity index (χ0n) is 26.0. The fraction of sp³-hybridized carbons (Fsp3) is 0.647. The summed E-state index contributed by atoms with van der Waals surface area (Å²) in [5, 5.41) is 20.2. The molecule has 0 spiro atoms. The van der Waals surface area contributed by atoms with Gasteiger partial charge in [0.25, 0.3) is 0 Å². The van der Waals surface area contributed by atoms with E-state index in [0.717, 1.165) is 48.7 Å². The van der Waals surface area contributed by atoms with Gasteiger partial charge in [-0.25, -0.2) is 0 Å². The van der Waals surface area contributed by atoms with Crippen molar-refractivity contribution in [2.75, 3.05) is 27.4 Å². The Bertz CT molecular complexity index is 975. The Hall–Kier alpha value is -2.52. The first kappa shape index (κ1) is 32.4. The van der Waals surface area contributed by atoms with E-state index in [1.807, 2.05) is 62.4 Å². The molecular formula is C34H50O8. The Morgan fingerprint density at radius 2 is 0.952 bits per heavy atom. The fourth-order valence-electron chi connectivity index (χ4n) is 6.22. The van der Waals surface area contributed by atoms with Gasteiger partial charge in [-0.2, -0.15) is 0 Å². The van der Waals surface area contributed by atoms with Gasteiger partial charge in [0.1, 0.15) is 35.2 Å². The quantitative estimate of drug-likeness (QED) is 0.317. The van der Waals surface area contributed by atoms with Crippen LogP contribution in [-0.2, 0) is 9.47 Å². The molecule has 0 unspecified atom stereocenters. The second-order valence-corrected chi connectivity index (χ2v) is 12.2. The van der Waals surface area contributed by atoms with Crippen LogP contribution in [0.15, 0.2) is 48.5 Å². The first-order valence-corrected chi connectivity index (χ1v) is 15.4. The van der Waals surface area contributed by atoms with Crippen molar-refractivity contribution in [2.45, 2.75) is 90.0 Å². The van der Waals surface area contributed by atoms with Crippen molar-refractivity contribution in [3.8, 4) is 23.0 Å². The van der Waals surface area contributed by atoms with Gasteiger partial charge in [-0.15, -0.1) is 0 Å². The highest BCUT2D eigenvalue weighted by Crippen LogP contribution is 2.39. The summed E-state index contributed by atoms with van der Waals surface area (Å²) in [6.07, 6.45) is 2.40. The number of aliphatic hydroxyl groups is 2. The molecule has 8 nitrogen and oxygen atoms in total. The average Bonchev–Trinajstić information content (AvgIpc) is 3.03. The lowest BCUT2D eigenvalue weighted by Gasteiger charge is -2.48. The zero-order valence-corrected chi connectivity index (χ0v) is 26.0. The highest BCUT2D eigenvalue weighted by atomic mass is 16.6. The summed E-state index contributed by atoms with van der Waals surface area (Å²) < 4.78 is 37.2. The molecule has 2 saturated heterocycles. The number of rotatable bonds is 13. The Morgan fingerprint density at radius 1 is 0.619 bits per heavy atom. The third-order valence-electron chi connectivity index (χ3n) is 9.02. The van der Waals surface area contributed by atoms with Gasteiger partial charge < -0.3 is 38.6 Å². The largest absolute Gasteiger partial charge is 0.497 e. The van der Waals surface area contributed by atoms with Crippen molar-refractivity contribution in [1.29, 1.82) is 0 Å². The first-order valence-electron chi connectivity index (χ1n) is 15.4. The number of benzene rings is 2. The fourth-order valence-corrected chi connectivity index (χ4v) is 6.22. The number of aliphatic hydroxyl groups excluding tert-OH is 2. The molecule has 0 radical (unpaired) electrons. The molecule has 2 fully saturated rings. The van der Waals surface area contributed by atoms with E-state index in [4.69, 9.17) is 28.4 Å². The molecule has 234 valence electrons. The normalized spacial score (nSPS) is 29.1. The number of methoxy groups -OCH3 is 2. The first-order chi connectivity index (χ1) is 20.3. The van der Waals surface area contributed by atoms with E-state index in [1.54, 1.807) is 14.2 Å². The third-order valence-corrected chi connectivity index (χ3v) is 9.02. The van der Waals surface area contributed by atoms with Crippen LogP contribution in [0.4, 0.5) is 0 Å². The molecule has 0 saturated carbocycles. The van der Waals surface area contributed by atoms with Crippen molar-refractivity contribution in [3.63, 3.8) is 0 Å². The minimum absolute atomic E-state index is 0.00271. The van der Waals surface area contributed by atoms with Crippen molar-refractivity contribution in [2.24, 2.45) is 23.7 Å². The molecule has 8 heteroatoms. The van der Waals surface area contributed by atoms with Crippen LogP contribution in [-0.4, -0.2) is 74.3 Å². The lowest BCUT2D eigenvalue weighted by Crippen LogP contribution is -2.55. The molecule has 0 amide bonds. The van der Waals surface area contributed by atoms with Gasteiger partial charge in [0, 0.05) is 25.0 Å². The monoisotopic (exact) mass is 586 g/mol. The molecule has 42 heavy (non-hydrogen) atoms. The Morgan fingerprint density at radius 3 is 1.26 bits per heavy atom. The van der Waals surface area contributed by atoms with Gasteiger partial charge >= 0.3 is 0 Å². The molecule has 2 aliphatic heterocycles. The van der Waals surface area contributed by atoms with Crippen LogP contribution in [0.2, 0.25) is 0 Å². The smallest absolute Gasteiger partial charge is 0.129 e. The van der Waals surface area contributed by atoms with E-state index in [2.05, 4.69) is 13.8 Å². The van der Waals surface area contributed by atoms with E-state index < -0.39 is 0 Å². The van der Waals surface area contributed by atoms with Crippen LogP contribution in [0, 0.1) is 23.7 Å². The second-order valence-electron chi connectivity index (χ2n) is 12.2. The standard InChI is InChI=1S/C34H50O8/c1-21-7-17-29(31(23(3)19-35)39-27-13-9-25(37-5)10-14-27)41-33(21)34-22(2)8-18-30(42-34)32(24(4)20-36)40-28-15-11-26(38-6)12-16-28/h9-16,21-24,29-36H,7-8,17-20H2,1-6H3/t21-,22-,23+,24+,29+,30+,31+,32+,33-,34-/m0/s1. The highest BCUT2D eigenvalue weighted by Gasteiger charge is 2.46. The number of ether oxygens (including phenoxy) is 6. The predicted octanol–water partition coefficient (Wildman–Crippen LogP) is 5.52. The predicted molar refractivity (Wildman–Crippen MR) is 161 cm³/mol.